The Morgan fingerprint density at radius 1 is 1.50 bits per heavy atom. The van der Waals surface area contributed by atoms with E-state index in [0.29, 0.717) is 0 Å². The number of halogens is 1. The van der Waals surface area contributed by atoms with Gasteiger partial charge in [-0.1, -0.05) is 11.8 Å². The highest BCUT2D eigenvalue weighted by atomic mass is 32.2. The average molecular weight is 303 g/mol. The van der Waals surface area contributed by atoms with Crippen molar-refractivity contribution in [2.24, 2.45) is 0 Å². The number of aldehydes is 1. The number of nitro groups is 1. The van der Waals surface area contributed by atoms with E-state index in [2.05, 4.69) is 4.74 Å². The molecule has 1 aromatic carbocycles. The Morgan fingerprint density at radius 3 is 2.45 bits per heavy atom. The van der Waals surface area contributed by atoms with Crippen molar-refractivity contribution in [3.63, 3.8) is 0 Å². The molecule has 0 bridgehead atoms. The van der Waals surface area contributed by atoms with Crippen LogP contribution >= 0.6 is 11.8 Å². The fraction of sp³-hybridized carbons (Fsp3) is 0.333. The van der Waals surface area contributed by atoms with Crippen molar-refractivity contribution in [2.75, 3.05) is 14.2 Å². The monoisotopic (exact) mass is 303 g/mol. The third-order valence-corrected chi connectivity index (χ3v) is 2.81. The van der Waals surface area contributed by atoms with Gasteiger partial charge in [0.25, 0.3) is 5.69 Å². The van der Waals surface area contributed by atoms with Crippen LogP contribution in [0.1, 0.15) is 22.8 Å². The van der Waals surface area contributed by atoms with E-state index in [1.165, 1.54) is 6.92 Å². The van der Waals surface area contributed by atoms with Gasteiger partial charge in [-0.05, 0) is 6.07 Å². The first-order valence-corrected chi connectivity index (χ1v) is 6.31. The Balaban J connectivity index is 0.00000110. The molecule has 0 aliphatic heterocycles. The van der Waals surface area contributed by atoms with Crippen LogP contribution in [0, 0.1) is 15.9 Å². The molecular formula is C12H14FNO5S. The standard InChI is InChI=1S/C10H8FNO4S.C2H6O/c1-6(14)17-5-8-3-10(12(15)16)7(4-13)2-9(8)11;1-3-2/h2-4H,5H2,1H3;1-2H3. The minimum atomic E-state index is -0.759. The van der Waals surface area contributed by atoms with E-state index in [9.17, 15) is 24.1 Å². The number of carbonyl (C=O) groups is 2. The third kappa shape index (κ3) is 5.89. The molecule has 0 aromatic heterocycles. The lowest BCUT2D eigenvalue weighted by molar-refractivity contribution is -0.385. The Kier molecular flexibility index (Phi) is 8.33. The van der Waals surface area contributed by atoms with Crippen molar-refractivity contribution in [3.8, 4) is 0 Å². The zero-order chi connectivity index (χ0) is 15.7. The predicted molar refractivity (Wildman–Crippen MR) is 73.4 cm³/mol. The molecule has 0 unspecified atom stereocenters. The van der Waals surface area contributed by atoms with Crippen LogP contribution in [0.5, 0.6) is 0 Å². The molecule has 8 heteroatoms. The Labute approximate surface area is 119 Å². The number of hydrogen-bond acceptors (Lipinski definition) is 6. The van der Waals surface area contributed by atoms with Crippen molar-refractivity contribution in [2.45, 2.75) is 12.7 Å². The van der Waals surface area contributed by atoms with Gasteiger partial charge in [-0.2, -0.15) is 0 Å². The van der Waals surface area contributed by atoms with Gasteiger partial charge in [0.15, 0.2) is 11.4 Å². The summed E-state index contributed by atoms with van der Waals surface area (Å²) in [5.74, 6) is -0.729. The predicted octanol–water partition coefficient (Wildman–Crippen LogP) is 2.59. The van der Waals surface area contributed by atoms with Crippen LogP contribution in [0.25, 0.3) is 0 Å². The van der Waals surface area contributed by atoms with Crippen molar-refractivity contribution in [1.82, 2.24) is 0 Å². The molecule has 0 amide bonds. The van der Waals surface area contributed by atoms with Crippen molar-refractivity contribution >= 4 is 28.9 Å². The summed E-state index contributed by atoms with van der Waals surface area (Å²) in [6.45, 7) is 1.32. The van der Waals surface area contributed by atoms with E-state index in [0.717, 1.165) is 23.9 Å². The highest BCUT2D eigenvalue weighted by molar-refractivity contribution is 8.12. The summed E-state index contributed by atoms with van der Waals surface area (Å²) < 4.78 is 17.7. The summed E-state index contributed by atoms with van der Waals surface area (Å²) in [5, 5.41) is 10.4. The molecular weight excluding hydrogens is 289 g/mol. The number of nitrogens with zero attached hydrogens (tertiary/aromatic N) is 1. The molecule has 0 saturated carbocycles. The molecule has 0 fully saturated rings. The largest absolute Gasteiger partial charge is 0.388 e. The number of benzene rings is 1. The highest BCUT2D eigenvalue weighted by Crippen LogP contribution is 2.24. The minimum absolute atomic E-state index is 0.00113. The normalized spacial score (nSPS) is 9.40. The zero-order valence-corrected chi connectivity index (χ0v) is 12.0. The quantitative estimate of drug-likeness (QED) is 0.483. The molecule has 1 rings (SSSR count). The molecule has 0 saturated heterocycles. The topological polar surface area (TPSA) is 86.5 Å². The van der Waals surface area contributed by atoms with Gasteiger partial charge in [0.05, 0.1) is 10.5 Å². The van der Waals surface area contributed by atoms with Crippen LogP contribution < -0.4 is 0 Å². The van der Waals surface area contributed by atoms with E-state index < -0.39 is 16.4 Å². The molecule has 0 radical (unpaired) electrons. The Hall–Kier alpha value is -1.80. The molecule has 0 heterocycles. The summed E-state index contributed by atoms with van der Waals surface area (Å²) in [5.41, 5.74) is -0.743. The van der Waals surface area contributed by atoms with Crippen LogP contribution in [0.3, 0.4) is 0 Å². The number of ether oxygens (including phenoxy) is 1. The minimum Gasteiger partial charge on any atom is -0.388 e. The first-order valence-electron chi connectivity index (χ1n) is 5.32. The molecule has 0 aliphatic carbocycles. The van der Waals surface area contributed by atoms with Gasteiger partial charge in [-0.25, -0.2) is 4.39 Å². The van der Waals surface area contributed by atoms with Gasteiger partial charge in [0.2, 0.25) is 0 Å². The van der Waals surface area contributed by atoms with E-state index in [4.69, 9.17) is 0 Å². The lowest BCUT2D eigenvalue weighted by Gasteiger charge is -2.03. The molecule has 0 aliphatic rings. The van der Waals surface area contributed by atoms with Crippen molar-refractivity contribution in [1.29, 1.82) is 0 Å². The van der Waals surface area contributed by atoms with Crippen LogP contribution in [0.15, 0.2) is 12.1 Å². The summed E-state index contributed by atoms with van der Waals surface area (Å²) >= 11 is 0.843. The van der Waals surface area contributed by atoms with Crippen LogP contribution in [0.2, 0.25) is 0 Å². The van der Waals surface area contributed by atoms with Gasteiger partial charge in [-0.3, -0.25) is 19.7 Å². The number of carbonyl (C=O) groups excluding carboxylic acids is 2. The fourth-order valence-corrected chi connectivity index (χ4v) is 1.74. The maximum Gasteiger partial charge on any atom is 0.280 e. The summed E-state index contributed by atoms with van der Waals surface area (Å²) in [4.78, 5) is 31.1. The lowest BCUT2D eigenvalue weighted by Crippen LogP contribution is -1.99. The molecule has 6 nitrogen and oxygen atoms in total. The van der Waals surface area contributed by atoms with E-state index in [1.54, 1.807) is 14.2 Å². The van der Waals surface area contributed by atoms with Crippen LogP contribution in [0.4, 0.5) is 10.1 Å². The first-order chi connectivity index (χ1) is 9.37. The summed E-state index contributed by atoms with van der Waals surface area (Å²) in [6.07, 6.45) is 0.225. The maximum absolute atomic E-state index is 13.4. The SMILES string of the molecule is CC(=O)SCc1cc([N+](=O)[O-])c(C=O)cc1F.COC. The maximum atomic E-state index is 13.4. The number of rotatable bonds is 4. The number of nitro benzene ring substituents is 1. The first kappa shape index (κ1) is 18.2. The summed E-state index contributed by atoms with van der Waals surface area (Å²) in [6, 6.07) is 1.79. The fourth-order valence-electron chi connectivity index (χ4n) is 1.16. The zero-order valence-electron chi connectivity index (χ0n) is 11.2. The number of methoxy groups -OCH3 is 1. The number of thioether (sulfide) groups is 1. The van der Waals surface area contributed by atoms with Gasteiger partial charge < -0.3 is 4.74 Å². The molecule has 0 N–H and O–H groups in total. The van der Waals surface area contributed by atoms with E-state index in [-0.39, 0.29) is 28.3 Å². The van der Waals surface area contributed by atoms with Gasteiger partial charge in [0.1, 0.15) is 5.82 Å². The van der Waals surface area contributed by atoms with Crippen LogP contribution in [-0.4, -0.2) is 30.5 Å². The molecule has 110 valence electrons. The highest BCUT2D eigenvalue weighted by Gasteiger charge is 2.18. The Bertz CT molecular complexity index is 507. The summed E-state index contributed by atoms with van der Waals surface area (Å²) in [7, 11) is 3.25. The Morgan fingerprint density at radius 2 is 2.05 bits per heavy atom. The lowest BCUT2D eigenvalue weighted by atomic mass is 10.1. The second kappa shape index (κ2) is 9.16. The smallest absolute Gasteiger partial charge is 0.280 e. The molecule has 0 spiro atoms. The second-order valence-electron chi connectivity index (χ2n) is 3.57. The second-order valence-corrected chi connectivity index (χ2v) is 4.72. The molecule has 1 aromatic rings. The number of hydrogen-bond donors (Lipinski definition) is 0. The third-order valence-electron chi connectivity index (χ3n) is 1.95. The van der Waals surface area contributed by atoms with Crippen molar-refractivity contribution < 1.29 is 23.6 Å². The molecule has 20 heavy (non-hydrogen) atoms. The van der Waals surface area contributed by atoms with Crippen molar-refractivity contribution in [3.05, 3.63) is 39.2 Å². The average Bonchev–Trinajstić information content (AvgIpc) is 2.37. The van der Waals surface area contributed by atoms with Gasteiger partial charge >= 0.3 is 0 Å². The van der Waals surface area contributed by atoms with Gasteiger partial charge in [-0.15, -0.1) is 0 Å². The molecule has 0 atom stereocenters. The van der Waals surface area contributed by atoms with E-state index >= 15 is 0 Å². The van der Waals surface area contributed by atoms with E-state index in [1.807, 2.05) is 0 Å². The van der Waals surface area contributed by atoms with Crippen LogP contribution in [-0.2, 0) is 15.3 Å². The van der Waals surface area contributed by atoms with Gasteiger partial charge in [0, 0.05) is 38.5 Å².